The van der Waals surface area contributed by atoms with Crippen LogP contribution in [-0.4, -0.2) is 26.7 Å². The number of aliphatic hydroxyl groups excluding tert-OH is 1. The average Bonchev–Trinajstić information content (AvgIpc) is 2.92. The summed E-state index contributed by atoms with van der Waals surface area (Å²) >= 11 is 1.59. The molecular weight excluding hydrogens is 264 g/mol. The van der Waals surface area contributed by atoms with E-state index in [0.717, 1.165) is 17.1 Å². The maximum absolute atomic E-state index is 9.42. The van der Waals surface area contributed by atoms with Gasteiger partial charge in [-0.05, 0) is 26.8 Å². The SMILES string of the molecule is Cc1cc(-c2nnc(CSC(C)C(C)O)o2)c(C)o1. The molecule has 0 saturated carbocycles. The first kappa shape index (κ1) is 14.1. The van der Waals surface area contributed by atoms with Crippen molar-refractivity contribution in [3.63, 3.8) is 0 Å². The van der Waals surface area contributed by atoms with Crippen molar-refractivity contribution in [2.24, 2.45) is 0 Å². The first-order valence-corrected chi connectivity index (χ1v) is 7.21. The second-order valence-corrected chi connectivity index (χ2v) is 5.95. The van der Waals surface area contributed by atoms with E-state index in [1.165, 1.54) is 0 Å². The Kier molecular flexibility index (Phi) is 4.31. The van der Waals surface area contributed by atoms with E-state index in [0.29, 0.717) is 17.5 Å². The van der Waals surface area contributed by atoms with Gasteiger partial charge in [0.15, 0.2) is 0 Å². The number of rotatable bonds is 5. The van der Waals surface area contributed by atoms with E-state index in [4.69, 9.17) is 8.83 Å². The molecule has 2 atom stereocenters. The van der Waals surface area contributed by atoms with Crippen molar-refractivity contribution in [3.8, 4) is 11.5 Å². The van der Waals surface area contributed by atoms with Crippen LogP contribution in [0.4, 0.5) is 0 Å². The van der Waals surface area contributed by atoms with Gasteiger partial charge < -0.3 is 13.9 Å². The normalized spacial score (nSPS) is 14.6. The fourth-order valence-corrected chi connectivity index (χ4v) is 2.41. The predicted molar refractivity (Wildman–Crippen MR) is 73.9 cm³/mol. The van der Waals surface area contributed by atoms with E-state index in [1.807, 2.05) is 26.8 Å². The number of hydrogen-bond donors (Lipinski definition) is 1. The summed E-state index contributed by atoms with van der Waals surface area (Å²) in [7, 11) is 0. The molecule has 2 aromatic rings. The Balaban J connectivity index is 2.05. The van der Waals surface area contributed by atoms with Gasteiger partial charge in [0.2, 0.25) is 5.89 Å². The third kappa shape index (κ3) is 3.39. The van der Waals surface area contributed by atoms with Crippen LogP contribution in [0, 0.1) is 13.8 Å². The van der Waals surface area contributed by atoms with Crippen LogP contribution >= 0.6 is 11.8 Å². The summed E-state index contributed by atoms with van der Waals surface area (Å²) in [6.45, 7) is 7.50. The van der Waals surface area contributed by atoms with Gasteiger partial charge in [-0.3, -0.25) is 0 Å². The Morgan fingerprint density at radius 1 is 1.26 bits per heavy atom. The van der Waals surface area contributed by atoms with Gasteiger partial charge in [0, 0.05) is 5.25 Å². The topological polar surface area (TPSA) is 72.3 Å². The van der Waals surface area contributed by atoms with Gasteiger partial charge in [0.25, 0.3) is 5.89 Å². The number of furan rings is 1. The molecule has 104 valence electrons. The van der Waals surface area contributed by atoms with E-state index in [-0.39, 0.29) is 11.4 Å². The van der Waals surface area contributed by atoms with Crippen molar-refractivity contribution in [1.29, 1.82) is 0 Å². The lowest BCUT2D eigenvalue weighted by molar-refractivity contribution is 0.196. The Hall–Kier alpha value is -1.27. The minimum atomic E-state index is -0.355. The molecule has 2 aromatic heterocycles. The lowest BCUT2D eigenvalue weighted by Crippen LogP contribution is -2.15. The summed E-state index contributed by atoms with van der Waals surface area (Å²) in [5, 5.41) is 17.6. The molecule has 2 heterocycles. The summed E-state index contributed by atoms with van der Waals surface area (Å²) < 4.78 is 11.1. The van der Waals surface area contributed by atoms with Crippen LogP contribution in [0.15, 0.2) is 14.9 Å². The van der Waals surface area contributed by atoms with E-state index < -0.39 is 0 Å². The van der Waals surface area contributed by atoms with Gasteiger partial charge in [-0.15, -0.1) is 22.0 Å². The van der Waals surface area contributed by atoms with Gasteiger partial charge in [0.1, 0.15) is 11.5 Å². The van der Waals surface area contributed by atoms with Crippen LogP contribution in [-0.2, 0) is 5.75 Å². The molecule has 0 aliphatic heterocycles. The van der Waals surface area contributed by atoms with Crippen molar-refractivity contribution in [1.82, 2.24) is 10.2 Å². The van der Waals surface area contributed by atoms with E-state index in [1.54, 1.807) is 18.7 Å². The zero-order chi connectivity index (χ0) is 14.0. The zero-order valence-corrected chi connectivity index (χ0v) is 12.3. The molecule has 0 radical (unpaired) electrons. The quantitative estimate of drug-likeness (QED) is 0.909. The summed E-state index contributed by atoms with van der Waals surface area (Å²) in [6, 6.07) is 1.89. The number of aromatic nitrogens is 2. The molecule has 0 fully saturated rings. The Morgan fingerprint density at radius 2 is 2.00 bits per heavy atom. The molecule has 0 saturated heterocycles. The molecule has 0 aliphatic carbocycles. The number of aliphatic hydroxyl groups is 1. The predicted octanol–water partition coefficient (Wildman–Crippen LogP) is 2.95. The van der Waals surface area contributed by atoms with Crippen molar-refractivity contribution in [2.45, 2.75) is 44.8 Å². The summed E-state index contributed by atoms with van der Waals surface area (Å²) in [5.41, 5.74) is 0.838. The van der Waals surface area contributed by atoms with E-state index >= 15 is 0 Å². The fourth-order valence-electron chi connectivity index (χ4n) is 1.61. The molecule has 6 heteroatoms. The van der Waals surface area contributed by atoms with Gasteiger partial charge in [-0.25, -0.2) is 0 Å². The Labute approximate surface area is 116 Å². The summed E-state index contributed by atoms with van der Waals surface area (Å²) in [6.07, 6.45) is -0.355. The molecule has 5 nitrogen and oxygen atoms in total. The van der Waals surface area contributed by atoms with Crippen molar-refractivity contribution in [2.75, 3.05) is 0 Å². The van der Waals surface area contributed by atoms with Crippen LogP contribution in [0.5, 0.6) is 0 Å². The van der Waals surface area contributed by atoms with E-state index in [2.05, 4.69) is 10.2 Å². The van der Waals surface area contributed by atoms with Crippen LogP contribution in [0.1, 0.15) is 31.3 Å². The lowest BCUT2D eigenvalue weighted by atomic mass is 10.2. The van der Waals surface area contributed by atoms with Crippen LogP contribution in [0.25, 0.3) is 11.5 Å². The second-order valence-electron chi connectivity index (χ2n) is 4.58. The summed E-state index contributed by atoms with van der Waals surface area (Å²) in [4.78, 5) is 0. The first-order chi connectivity index (χ1) is 8.97. The summed E-state index contributed by atoms with van der Waals surface area (Å²) in [5.74, 6) is 3.23. The molecular formula is C13H18N2O3S. The monoisotopic (exact) mass is 282 g/mol. The molecule has 0 amide bonds. The average molecular weight is 282 g/mol. The molecule has 0 aromatic carbocycles. The first-order valence-electron chi connectivity index (χ1n) is 6.17. The largest absolute Gasteiger partial charge is 0.466 e. The maximum atomic E-state index is 9.42. The smallest absolute Gasteiger partial charge is 0.251 e. The second kappa shape index (κ2) is 5.79. The van der Waals surface area contributed by atoms with Crippen LogP contribution in [0.2, 0.25) is 0 Å². The molecule has 0 spiro atoms. The lowest BCUT2D eigenvalue weighted by Gasteiger charge is -2.11. The highest BCUT2D eigenvalue weighted by Gasteiger charge is 2.16. The number of thioether (sulfide) groups is 1. The third-order valence-corrected chi connectivity index (χ3v) is 4.22. The molecule has 0 bridgehead atoms. The highest BCUT2D eigenvalue weighted by molar-refractivity contribution is 7.99. The maximum Gasteiger partial charge on any atom is 0.251 e. The van der Waals surface area contributed by atoms with Crippen molar-refractivity contribution < 1.29 is 13.9 Å². The van der Waals surface area contributed by atoms with Gasteiger partial charge in [-0.1, -0.05) is 6.92 Å². The minimum Gasteiger partial charge on any atom is -0.466 e. The molecule has 2 rings (SSSR count). The Bertz CT molecular complexity index is 548. The minimum absolute atomic E-state index is 0.133. The third-order valence-electron chi connectivity index (χ3n) is 2.89. The molecule has 0 aliphatic rings. The highest BCUT2D eigenvalue weighted by Crippen LogP contribution is 2.27. The van der Waals surface area contributed by atoms with Crippen molar-refractivity contribution in [3.05, 3.63) is 23.5 Å². The van der Waals surface area contributed by atoms with Gasteiger partial charge >= 0.3 is 0 Å². The van der Waals surface area contributed by atoms with Gasteiger partial charge in [-0.2, -0.15) is 0 Å². The van der Waals surface area contributed by atoms with E-state index in [9.17, 15) is 5.11 Å². The fraction of sp³-hybridized carbons (Fsp3) is 0.538. The molecule has 2 unspecified atom stereocenters. The molecule has 19 heavy (non-hydrogen) atoms. The standard InChI is InChI=1S/C13H18N2O3S/c1-7-5-11(9(3)17-7)13-15-14-12(18-13)6-19-10(4)8(2)16/h5,8,10,16H,6H2,1-4H3. The van der Waals surface area contributed by atoms with Crippen LogP contribution < -0.4 is 0 Å². The van der Waals surface area contributed by atoms with Crippen LogP contribution in [0.3, 0.4) is 0 Å². The van der Waals surface area contributed by atoms with Crippen molar-refractivity contribution >= 4 is 11.8 Å². The number of aryl methyl sites for hydroxylation is 2. The number of nitrogens with zero attached hydrogens (tertiary/aromatic N) is 2. The molecule has 1 N–H and O–H groups in total. The number of hydrogen-bond acceptors (Lipinski definition) is 6. The highest BCUT2D eigenvalue weighted by atomic mass is 32.2. The zero-order valence-electron chi connectivity index (χ0n) is 11.5. The van der Waals surface area contributed by atoms with Gasteiger partial charge in [0.05, 0.1) is 17.4 Å². The Morgan fingerprint density at radius 3 is 2.58 bits per heavy atom.